The van der Waals surface area contributed by atoms with E-state index in [0.29, 0.717) is 23.5 Å². The Morgan fingerprint density at radius 1 is 1.10 bits per heavy atom. The number of ether oxygens (including phenoxy) is 1. The molecule has 0 unspecified atom stereocenters. The summed E-state index contributed by atoms with van der Waals surface area (Å²) in [4.78, 5) is 10.9. The summed E-state index contributed by atoms with van der Waals surface area (Å²) < 4.78 is 5.69. The van der Waals surface area contributed by atoms with E-state index in [2.05, 4.69) is 31.2 Å². The first-order valence-electron chi connectivity index (χ1n) is 6.64. The van der Waals surface area contributed by atoms with E-state index < -0.39 is 5.97 Å². The highest BCUT2D eigenvalue weighted by atomic mass is 16.5. The van der Waals surface area contributed by atoms with Gasteiger partial charge in [0.2, 0.25) is 0 Å². The molecule has 0 saturated heterocycles. The lowest BCUT2D eigenvalue weighted by atomic mass is 10.1. The van der Waals surface area contributed by atoms with E-state index in [0.717, 1.165) is 12.0 Å². The van der Waals surface area contributed by atoms with Crippen LogP contribution in [-0.4, -0.2) is 11.1 Å². The average molecular weight is 270 g/mol. The Labute approximate surface area is 118 Å². The fraction of sp³-hybridized carbons (Fsp3) is 0.235. The van der Waals surface area contributed by atoms with Gasteiger partial charge < -0.3 is 9.84 Å². The van der Waals surface area contributed by atoms with Crippen LogP contribution in [0.3, 0.4) is 0 Å². The predicted molar refractivity (Wildman–Crippen MR) is 78.3 cm³/mol. The Hall–Kier alpha value is -2.29. The largest absolute Gasteiger partial charge is 0.489 e. The molecule has 2 aromatic rings. The van der Waals surface area contributed by atoms with E-state index in [1.54, 1.807) is 25.1 Å². The maximum absolute atomic E-state index is 10.9. The minimum atomic E-state index is -0.913. The second-order valence-corrected chi connectivity index (χ2v) is 4.74. The lowest BCUT2D eigenvalue weighted by molar-refractivity contribution is 0.0696. The van der Waals surface area contributed by atoms with Crippen molar-refractivity contribution in [3.8, 4) is 5.75 Å². The van der Waals surface area contributed by atoms with Gasteiger partial charge in [-0.1, -0.05) is 31.2 Å². The molecule has 0 fully saturated rings. The maximum atomic E-state index is 10.9. The van der Waals surface area contributed by atoms with Gasteiger partial charge in [-0.25, -0.2) is 4.79 Å². The second-order valence-electron chi connectivity index (χ2n) is 4.74. The molecule has 2 aromatic carbocycles. The molecule has 2 rings (SSSR count). The molecule has 104 valence electrons. The van der Waals surface area contributed by atoms with Crippen LogP contribution in [-0.2, 0) is 13.0 Å². The van der Waals surface area contributed by atoms with Crippen molar-refractivity contribution in [2.24, 2.45) is 0 Å². The number of carbonyl (C=O) groups is 1. The van der Waals surface area contributed by atoms with Crippen molar-refractivity contribution in [2.45, 2.75) is 26.9 Å². The summed E-state index contributed by atoms with van der Waals surface area (Å²) in [5, 5.41) is 8.97. The van der Waals surface area contributed by atoms with E-state index in [1.807, 2.05) is 0 Å². The minimum Gasteiger partial charge on any atom is -0.489 e. The van der Waals surface area contributed by atoms with Crippen LogP contribution < -0.4 is 4.74 Å². The van der Waals surface area contributed by atoms with Crippen molar-refractivity contribution in [3.05, 3.63) is 64.7 Å². The quantitative estimate of drug-likeness (QED) is 0.898. The minimum absolute atomic E-state index is 0.310. The third-order valence-electron chi connectivity index (χ3n) is 3.27. The molecule has 0 aliphatic heterocycles. The number of hydrogen-bond acceptors (Lipinski definition) is 2. The van der Waals surface area contributed by atoms with Crippen LogP contribution in [0, 0.1) is 6.92 Å². The van der Waals surface area contributed by atoms with E-state index in [4.69, 9.17) is 9.84 Å². The molecular weight excluding hydrogens is 252 g/mol. The lowest BCUT2D eigenvalue weighted by Gasteiger charge is -2.09. The van der Waals surface area contributed by atoms with Gasteiger partial charge in [-0.2, -0.15) is 0 Å². The highest BCUT2D eigenvalue weighted by Crippen LogP contribution is 2.18. The van der Waals surface area contributed by atoms with Gasteiger partial charge in [-0.3, -0.25) is 0 Å². The summed E-state index contributed by atoms with van der Waals surface area (Å²) in [6, 6.07) is 13.3. The zero-order valence-electron chi connectivity index (χ0n) is 11.7. The number of carboxylic acid groups (broad SMARTS) is 1. The molecule has 0 spiro atoms. The first-order chi connectivity index (χ1) is 9.60. The van der Waals surface area contributed by atoms with Crippen LogP contribution in [0.25, 0.3) is 0 Å². The van der Waals surface area contributed by atoms with Crippen molar-refractivity contribution < 1.29 is 14.6 Å². The van der Waals surface area contributed by atoms with Gasteiger partial charge in [0.05, 0.1) is 5.56 Å². The fourth-order valence-corrected chi connectivity index (χ4v) is 2.00. The number of hydrogen-bond donors (Lipinski definition) is 1. The van der Waals surface area contributed by atoms with Gasteiger partial charge in [0, 0.05) is 0 Å². The lowest BCUT2D eigenvalue weighted by Crippen LogP contribution is -2.01. The van der Waals surface area contributed by atoms with Crippen LogP contribution >= 0.6 is 0 Å². The SMILES string of the molecule is CCc1ccc(COc2ccc(C(=O)O)c(C)c2)cc1. The number of benzene rings is 2. The smallest absolute Gasteiger partial charge is 0.335 e. The Balaban J connectivity index is 2.03. The monoisotopic (exact) mass is 270 g/mol. The van der Waals surface area contributed by atoms with Crippen molar-refractivity contribution in [1.82, 2.24) is 0 Å². The van der Waals surface area contributed by atoms with Crippen molar-refractivity contribution in [1.29, 1.82) is 0 Å². The summed E-state index contributed by atoms with van der Waals surface area (Å²) in [5.41, 5.74) is 3.42. The molecule has 20 heavy (non-hydrogen) atoms. The zero-order valence-corrected chi connectivity index (χ0v) is 11.7. The van der Waals surface area contributed by atoms with Gasteiger partial charge in [-0.15, -0.1) is 0 Å². The first kappa shape index (κ1) is 14.1. The number of rotatable bonds is 5. The van der Waals surface area contributed by atoms with Crippen LogP contribution in [0.2, 0.25) is 0 Å². The highest BCUT2D eigenvalue weighted by Gasteiger charge is 2.07. The molecule has 0 radical (unpaired) electrons. The summed E-state index contributed by atoms with van der Waals surface area (Å²) in [5.74, 6) is -0.226. The third kappa shape index (κ3) is 3.38. The van der Waals surface area contributed by atoms with Crippen LogP contribution in [0.1, 0.15) is 34.0 Å². The van der Waals surface area contributed by atoms with E-state index >= 15 is 0 Å². The summed E-state index contributed by atoms with van der Waals surface area (Å²) in [7, 11) is 0. The van der Waals surface area contributed by atoms with Crippen LogP contribution in [0.5, 0.6) is 5.75 Å². The number of aromatic carboxylic acids is 1. The Morgan fingerprint density at radius 3 is 2.30 bits per heavy atom. The zero-order chi connectivity index (χ0) is 14.5. The van der Waals surface area contributed by atoms with Crippen molar-refractivity contribution >= 4 is 5.97 Å². The molecule has 0 aromatic heterocycles. The Morgan fingerprint density at radius 2 is 1.75 bits per heavy atom. The standard InChI is InChI=1S/C17H18O3/c1-3-13-4-6-14(7-5-13)11-20-15-8-9-16(17(18)19)12(2)10-15/h4-10H,3,11H2,1-2H3,(H,18,19). The molecule has 1 N–H and O–H groups in total. The maximum Gasteiger partial charge on any atom is 0.335 e. The van der Waals surface area contributed by atoms with Gasteiger partial charge in [0.25, 0.3) is 0 Å². The van der Waals surface area contributed by atoms with Gasteiger partial charge in [0.1, 0.15) is 12.4 Å². The highest BCUT2D eigenvalue weighted by molar-refractivity contribution is 5.89. The van der Waals surface area contributed by atoms with Crippen molar-refractivity contribution in [2.75, 3.05) is 0 Å². The van der Waals surface area contributed by atoms with E-state index in [-0.39, 0.29) is 0 Å². The second kappa shape index (κ2) is 6.24. The molecule has 0 bridgehead atoms. The van der Waals surface area contributed by atoms with Crippen LogP contribution in [0.4, 0.5) is 0 Å². The van der Waals surface area contributed by atoms with Gasteiger partial charge in [-0.05, 0) is 48.2 Å². The molecule has 3 heteroatoms. The molecule has 0 aliphatic rings. The number of aryl methyl sites for hydroxylation is 2. The predicted octanol–water partition coefficient (Wildman–Crippen LogP) is 3.83. The van der Waals surface area contributed by atoms with Gasteiger partial charge >= 0.3 is 5.97 Å². The number of carboxylic acids is 1. The summed E-state index contributed by atoms with van der Waals surface area (Å²) in [6.07, 6.45) is 1.02. The van der Waals surface area contributed by atoms with E-state index in [9.17, 15) is 4.79 Å². The van der Waals surface area contributed by atoms with E-state index in [1.165, 1.54) is 5.56 Å². The molecule has 0 aliphatic carbocycles. The van der Waals surface area contributed by atoms with Gasteiger partial charge in [0.15, 0.2) is 0 Å². The van der Waals surface area contributed by atoms with Crippen LogP contribution in [0.15, 0.2) is 42.5 Å². The third-order valence-corrected chi connectivity index (χ3v) is 3.27. The molecular formula is C17H18O3. The first-order valence-corrected chi connectivity index (χ1v) is 6.64. The normalized spacial score (nSPS) is 10.3. The average Bonchev–Trinajstić information content (AvgIpc) is 2.45. The fourth-order valence-electron chi connectivity index (χ4n) is 2.00. The Kier molecular flexibility index (Phi) is 4.41. The topological polar surface area (TPSA) is 46.5 Å². The Bertz CT molecular complexity index is 600. The molecule has 0 heterocycles. The van der Waals surface area contributed by atoms with Crippen molar-refractivity contribution in [3.63, 3.8) is 0 Å². The molecule has 0 amide bonds. The summed E-state index contributed by atoms with van der Waals surface area (Å²) in [6.45, 7) is 4.38. The molecule has 0 atom stereocenters. The summed E-state index contributed by atoms with van der Waals surface area (Å²) >= 11 is 0. The molecule has 3 nitrogen and oxygen atoms in total. The molecule has 0 saturated carbocycles.